The Labute approximate surface area is 757 Å². The average Bonchev–Trinajstić information content (AvgIpc) is 1.02. The molecule has 0 spiro atoms. The van der Waals surface area contributed by atoms with Crippen LogP contribution in [0.1, 0.15) is 75.3 Å². The monoisotopic (exact) mass is 1680 g/mol. The van der Waals surface area contributed by atoms with Gasteiger partial charge >= 0.3 is 0 Å². The number of para-hydroxylation sites is 6. The third-order valence-electron chi connectivity index (χ3n) is 27.7. The first kappa shape index (κ1) is 78.5. The van der Waals surface area contributed by atoms with Gasteiger partial charge in [0.05, 0.1) is 56.2 Å². The number of hydrogen-bond donors (Lipinski definition) is 0. The van der Waals surface area contributed by atoms with Crippen LogP contribution in [0.25, 0.3) is 99.5 Å². The molecule has 0 fully saturated rings. The molecule has 0 N–H and O–H groups in total. The summed E-state index contributed by atoms with van der Waals surface area (Å²) in [5, 5.41) is 15.4. The van der Waals surface area contributed by atoms with Gasteiger partial charge < -0.3 is 18.9 Å². The predicted molar refractivity (Wildman–Crippen MR) is 552 cm³/mol. The molecule has 0 saturated heterocycles. The van der Waals surface area contributed by atoms with Crippen molar-refractivity contribution in [3.8, 4) is 55.9 Å². The van der Waals surface area contributed by atoms with Crippen molar-refractivity contribution in [2.45, 2.75) is 58.3 Å². The highest BCUT2D eigenvalue weighted by molar-refractivity contribution is 7.20. The van der Waals surface area contributed by atoms with E-state index in [0.29, 0.717) is 0 Å². The third-order valence-corrected chi connectivity index (χ3v) is 37.3. The number of fused-ring (bicyclic) bond motifs is 10. The van der Waals surface area contributed by atoms with Gasteiger partial charge in [0, 0.05) is 66.7 Å². The van der Waals surface area contributed by atoms with Crippen molar-refractivity contribution in [3.63, 3.8) is 0 Å². The van der Waals surface area contributed by atoms with Crippen molar-refractivity contribution in [3.05, 3.63) is 495 Å². The molecule has 0 atom stereocenters. The molecule has 4 heterocycles. The molecule has 616 valence electrons. The normalized spacial score (nSPS) is 12.8. The van der Waals surface area contributed by atoms with Gasteiger partial charge in [-0.3, -0.25) is 0 Å². The molecule has 19 aromatic carbocycles. The first-order chi connectivity index (χ1) is 63.3. The summed E-state index contributed by atoms with van der Waals surface area (Å²) in [4.78, 5) is 5.29. The zero-order valence-electron chi connectivity index (χ0n) is 73.3. The van der Waals surface area contributed by atoms with Gasteiger partial charge in [0.1, 0.15) is 0 Å². The maximum absolute atomic E-state index is 3.03. The van der Waals surface area contributed by atoms with Crippen LogP contribution in [0, 0.1) is 0 Å². The van der Waals surface area contributed by atoms with Gasteiger partial charge in [0.2, 0.25) is 0 Å². The maximum atomic E-state index is 2.65. The molecule has 0 amide bonds. The van der Waals surface area contributed by atoms with Crippen LogP contribution >= 0.6 is 0 Å². The van der Waals surface area contributed by atoms with E-state index in [2.05, 4.69) is 528 Å². The van der Waals surface area contributed by atoms with E-state index in [0.717, 1.165) is 78.8 Å². The molecule has 0 aliphatic carbocycles. The van der Waals surface area contributed by atoms with Crippen molar-refractivity contribution >= 4 is 135 Å². The van der Waals surface area contributed by atoms with E-state index in [4.69, 9.17) is 0 Å². The second-order valence-electron chi connectivity index (χ2n) is 37.0. The van der Waals surface area contributed by atoms with Gasteiger partial charge in [-0.15, -0.1) is 0 Å². The number of rotatable bonds is 16. The summed E-state index contributed by atoms with van der Waals surface area (Å²) in [7, 11) is -6.05. The van der Waals surface area contributed by atoms with Crippen molar-refractivity contribution < 1.29 is 0 Å². The van der Waals surface area contributed by atoms with Gasteiger partial charge in [-0.1, -0.05) is 436 Å². The molecule has 23 rings (SSSR count). The average molecular weight is 1690 g/mol. The number of aromatic nitrogens is 2. The molecule has 4 nitrogen and oxygen atoms in total. The standard InChI is InChI=1S/C123H96N4Si2/c1-122(2,3)88-72-68-84(69-73-88)102-58-35-60-106-104-56-27-31-64-112(104)124(120(102)106)90-76-78-114-108(82-90)118-109-83-91(125-113-65-32-28-57-105(113)107-61-36-59-103(121(107)125)85-70-74-89(75-71-85)123(4,5)6)77-79-115(109)127(111-63-30-26-55-101(111)87-39-34-53-99(81-87)129(95-46-19-10-20-47-95,96-48-21-11-22-49-96)97-50-23-12-24-51-97)117-67-37-66-116(119(117)118)126(114)110-62-29-25-54-100(110)86-38-33-52-98(80-86)128(92-40-13-7-14-41-92,93-42-15-8-16-43-93)94-44-17-9-18-45-94/h7-83,118H,1-6H3. The summed E-state index contributed by atoms with van der Waals surface area (Å²) in [6.07, 6.45) is 0. The first-order valence-corrected chi connectivity index (χ1v) is 49.3. The number of anilines is 6. The zero-order valence-corrected chi connectivity index (χ0v) is 75.3. The molecule has 6 heteroatoms. The van der Waals surface area contributed by atoms with Crippen molar-refractivity contribution in [1.82, 2.24) is 9.13 Å². The van der Waals surface area contributed by atoms with Gasteiger partial charge in [0.15, 0.2) is 16.1 Å². The van der Waals surface area contributed by atoms with Crippen LogP contribution in [0.5, 0.6) is 0 Å². The Kier molecular flexibility index (Phi) is 19.1. The molecule has 2 aromatic heterocycles. The van der Waals surface area contributed by atoms with Gasteiger partial charge in [-0.2, -0.15) is 0 Å². The van der Waals surface area contributed by atoms with Crippen LogP contribution in [0.3, 0.4) is 0 Å². The van der Waals surface area contributed by atoms with E-state index in [-0.39, 0.29) is 16.7 Å². The predicted octanol–water partition coefficient (Wildman–Crippen LogP) is 26.6. The van der Waals surface area contributed by atoms with Crippen molar-refractivity contribution in [1.29, 1.82) is 0 Å². The molecule has 129 heavy (non-hydrogen) atoms. The highest BCUT2D eigenvalue weighted by Gasteiger charge is 2.46. The summed E-state index contributed by atoms with van der Waals surface area (Å²) in [6, 6.07) is 179. The molecule has 0 unspecified atom stereocenters. The van der Waals surface area contributed by atoms with E-state index >= 15 is 0 Å². The highest BCUT2D eigenvalue weighted by Crippen LogP contribution is 2.63. The Hall–Kier alpha value is -15.2. The second-order valence-corrected chi connectivity index (χ2v) is 44.6. The Morgan fingerprint density at radius 2 is 0.496 bits per heavy atom. The molecule has 0 bridgehead atoms. The van der Waals surface area contributed by atoms with Crippen LogP contribution in [0.2, 0.25) is 0 Å². The van der Waals surface area contributed by atoms with Gasteiger partial charge in [0.25, 0.3) is 0 Å². The van der Waals surface area contributed by atoms with Crippen LogP contribution in [0.15, 0.2) is 467 Å². The van der Waals surface area contributed by atoms with E-state index in [1.165, 1.54) is 124 Å². The zero-order chi connectivity index (χ0) is 86.7. The smallest absolute Gasteiger partial charge is 0.179 e. The Morgan fingerprint density at radius 1 is 0.209 bits per heavy atom. The lowest BCUT2D eigenvalue weighted by molar-refractivity contribution is 0.590. The topological polar surface area (TPSA) is 16.3 Å². The minimum absolute atomic E-state index is 0.0143. The first-order valence-electron chi connectivity index (χ1n) is 45.3. The Bertz CT molecular complexity index is 7210. The minimum Gasteiger partial charge on any atom is -0.309 e. The molecule has 2 aliphatic rings. The van der Waals surface area contributed by atoms with Crippen molar-refractivity contribution in [2.75, 3.05) is 9.80 Å². The van der Waals surface area contributed by atoms with Crippen molar-refractivity contribution in [2.24, 2.45) is 0 Å². The van der Waals surface area contributed by atoms with Crippen LogP contribution < -0.4 is 51.3 Å². The fourth-order valence-electron chi connectivity index (χ4n) is 21.8. The van der Waals surface area contributed by atoms with E-state index in [1.54, 1.807) is 0 Å². The molecule has 21 aromatic rings. The van der Waals surface area contributed by atoms with Crippen LogP contribution in [0.4, 0.5) is 34.1 Å². The summed E-state index contributed by atoms with van der Waals surface area (Å²) >= 11 is 0. The number of benzene rings is 19. The second kappa shape index (κ2) is 31.4. The SMILES string of the molecule is CC(C)(C)c1ccc(-c2cccc3c4ccccc4n(-c4ccc5c(c4)C4c6cc(-n7c8ccccc8c8cccc(-c9ccc(C(C)(C)C)cc9)c87)ccc6N(c6ccccc6-c6cccc([Si](c7ccccc7)(c7ccccc7)c7ccccc7)c6)c6cccc(c64)N5c4ccccc4-c4cccc([Si](c5ccccc5)(c5ccccc5)c5ccccc5)c4)c23)cc1. The summed E-state index contributed by atoms with van der Waals surface area (Å²) in [5.74, 6) is -0.335. The molecule has 0 saturated carbocycles. The highest BCUT2D eigenvalue weighted by atomic mass is 28.3. The minimum atomic E-state index is -3.03. The number of hydrogen-bond acceptors (Lipinski definition) is 2. The van der Waals surface area contributed by atoms with Crippen LogP contribution in [-0.4, -0.2) is 25.3 Å². The molecular weight excluding hydrogens is 1590 g/mol. The lowest BCUT2D eigenvalue weighted by Gasteiger charge is -2.46. The number of nitrogens with zero attached hydrogens (tertiary/aromatic N) is 4. The van der Waals surface area contributed by atoms with Gasteiger partial charge in [-0.05, 0) is 170 Å². The van der Waals surface area contributed by atoms with E-state index in [9.17, 15) is 0 Å². The maximum Gasteiger partial charge on any atom is 0.179 e. The fourth-order valence-corrected chi connectivity index (χ4v) is 31.4. The molecular formula is C123H96N4Si2. The fraction of sp³-hybridized carbons (Fsp3) is 0.0732. The lowest BCUT2D eigenvalue weighted by atomic mass is 9.75. The largest absolute Gasteiger partial charge is 0.309 e. The summed E-state index contributed by atoms with van der Waals surface area (Å²) < 4.78 is 5.17. The molecule has 2 aliphatic heterocycles. The van der Waals surface area contributed by atoms with E-state index in [1.807, 2.05) is 0 Å². The lowest BCUT2D eigenvalue weighted by Crippen LogP contribution is -2.74. The third kappa shape index (κ3) is 12.8. The quantitative estimate of drug-likeness (QED) is 0.0708. The Balaban J connectivity index is 0.810. The van der Waals surface area contributed by atoms with E-state index < -0.39 is 16.1 Å². The summed E-state index contributed by atoms with van der Waals surface area (Å²) in [5.41, 5.74) is 28.9. The Morgan fingerprint density at radius 3 is 0.853 bits per heavy atom. The summed E-state index contributed by atoms with van der Waals surface area (Å²) in [6.45, 7) is 13.8. The van der Waals surface area contributed by atoms with Gasteiger partial charge in [-0.25, -0.2) is 0 Å². The van der Waals surface area contributed by atoms with Crippen LogP contribution in [-0.2, 0) is 10.8 Å². The molecule has 0 radical (unpaired) electrons.